The van der Waals surface area contributed by atoms with Gasteiger partial charge in [0.1, 0.15) is 0 Å². The number of hydrogen-bond donors (Lipinski definition) is 0. The molecule has 0 N–H and O–H groups in total. The van der Waals surface area contributed by atoms with E-state index in [9.17, 15) is 0 Å². The minimum absolute atomic E-state index is 0. The number of aromatic nitrogens is 1. The Kier molecular flexibility index (Phi) is 10.1. The molecule has 1 nitrogen and oxygen atoms in total. The molecule has 0 saturated heterocycles. The molecular weight excluding hydrogens is 585 g/mol. The molecule has 1 heterocycles. The number of nitrogens with zero attached hydrogens (tertiary/aromatic N) is 1. The Morgan fingerprint density at radius 2 is 1.53 bits per heavy atom. The molecule has 186 valence electrons. The van der Waals surface area contributed by atoms with E-state index in [1.165, 1.54) is 60.4 Å². The van der Waals surface area contributed by atoms with Crippen molar-refractivity contribution in [3.8, 4) is 16.8 Å². The molecule has 0 saturated carbocycles. The molecule has 1 aliphatic carbocycles. The number of rotatable bonds is 2. The van der Waals surface area contributed by atoms with Crippen molar-refractivity contribution in [2.24, 2.45) is 0 Å². The molecule has 0 radical (unpaired) electrons. The average molecular weight is 612 g/mol. The van der Waals surface area contributed by atoms with Gasteiger partial charge in [0.15, 0.2) is 0 Å². The van der Waals surface area contributed by atoms with Crippen LogP contribution < -0.4 is 24.8 Å². The van der Waals surface area contributed by atoms with Gasteiger partial charge in [0, 0.05) is 11.9 Å². The third kappa shape index (κ3) is 5.94. The summed E-state index contributed by atoms with van der Waals surface area (Å²) in [6.07, 6.45) is 10.5. The van der Waals surface area contributed by atoms with E-state index >= 15 is 0 Å². The Balaban J connectivity index is 0.000000397. The van der Waals surface area contributed by atoms with Crippen LogP contribution in [-0.4, -0.2) is 4.57 Å². The normalized spacial score (nSPS) is 11.8. The summed E-state index contributed by atoms with van der Waals surface area (Å²) in [4.78, 5) is 0. The first-order valence-corrected chi connectivity index (χ1v) is 12.2. The molecule has 0 unspecified atom stereocenters. The third-order valence-corrected chi connectivity index (χ3v) is 6.75. The summed E-state index contributed by atoms with van der Waals surface area (Å²) in [5.41, 5.74) is 7.60. The fourth-order valence-corrected chi connectivity index (χ4v) is 5.02. The van der Waals surface area contributed by atoms with Gasteiger partial charge < -0.3 is 29.4 Å². The van der Waals surface area contributed by atoms with Crippen molar-refractivity contribution in [2.75, 3.05) is 0 Å². The monoisotopic (exact) mass is 609 g/mol. The number of fused-ring (bicyclic) bond motifs is 3. The zero-order valence-corrected chi connectivity index (χ0v) is 25.3. The van der Waals surface area contributed by atoms with Crippen LogP contribution in [0, 0.1) is 13.0 Å². The minimum Gasteiger partial charge on any atom is -1.00 e. The molecule has 0 aliphatic heterocycles. The van der Waals surface area contributed by atoms with Crippen molar-refractivity contribution in [1.82, 2.24) is 4.57 Å². The fraction of sp³-hybridized carbons (Fsp3) is 0.0882. The standard InChI is InChI=1S/C28H20N.C6H7.2ClH.Zr/c1-19-14-22-7-2-4-8-26(22)27(15-19)24-16-21-10-11-25(18-23(21)17-24)29-13-12-20-6-3-5-9-28(20)29;1-6-4-2-3-5-6;;;/h2-18H,1H3;2,4H,3H2,1H3;2*1H;/q2*-1;;;+4/p-2. The largest absolute Gasteiger partial charge is 4.00 e. The molecule has 1 aromatic heterocycles. The molecule has 7 rings (SSSR count). The molecule has 6 aromatic rings. The number of para-hydroxylation sites is 1. The number of allylic oxidation sites excluding steroid dienone is 4. The SMILES string of the molecule is CC1=[C-]CC=C1.Cc1cc(-c2cc3ccc(-n4ccc5ccccc54)cc3[cH-]2)c2ccccc2c1.[Cl-].[Cl-].[Zr+4]. The van der Waals surface area contributed by atoms with Crippen LogP contribution in [0.3, 0.4) is 0 Å². The van der Waals surface area contributed by atoms with Crippen molar-refractivity contribution < 1.29 is 51.0 Å². The predicted octanol–water partition coefficient (Wildman–Crippen LogP) is 3.33. The van der Waals surface area contributed by atoms with Crippen molar-refractivity contribution in [3.63, 3.8) is 0 Å². The second-order valence-corrected chi connectivity index (χ2v) is 9.30. The van der Waals surface area contributed by atoms with Gasteiger partial charge in [-0.2, -0.15) is 6.08 Å². The van der Waals surface area contributed by atoms with Crippen molar-refractivity contribution in [2.45, 2.75) is 20.3 Å². The summed E-state index contributed by atoms with van der Waals surface area (Å²) in [5.74, 6) is 0. The second-order valence-electron chi connectivity index (χ2n) is 9.30. The number of hydrogen-bond acceptors (Lipinski definition) is 0. The van der Waals surface area contributed by atoms with Crippen molar-refractivity contribution in [1.29, 1.82) is 0 Å². The maximum absolute atomic E-state index is 3.12. The molecule has 5 aromatic carbocycles. The van der Waals surface area contributed by atoms with Gasteiger partial charge in [0.05, 0.1) is 5.52 Å². The van der Waals surface area contributed by atoms with Crippen LogP contribution in [0.4, 0.5) is 0 Å². The van der Waals surface area contributed by atoms with Gasteiger partial charge in [-0.3, -0.25) is 6.08 Å². The maximum atomic E-state index is 3.12. The Labute approximate surface area is 256 Å². The maximum Gasteiger partial charge on any atom is 4.00 e. The van der Waals surface area contributed by atoms with E-state index in [2.05, 4.69) is 140 Å². The quantitative estimate of drug-likeness (QED) is 0.265. The van der Waals surface area contributed by atoms with E-state index in [4.69, 9.17) is 0 Å². The van der Waals surface area contributed by atoms with Crippen LogP contribution in [0.1, 0.15) is 18.9 Å². The Morgan fingerprint density at radius 1 is 0.763 bits per heavy atom. The van der Waals surface area contributed by atoms with Gasteiger partial charge in [-0.1, -0.05) is 90.8 Å². The summed E-state index contributed by atoms with van der Waals surface area (Å²) in [7, 11) is 0. The number of halogens is 2. The van der Waals surface area contributed by atoms with Gasteiger partial charge in [-0.15, -0.1) is 34.9 Å². The second kappa shape index (κ2) is 12.9. The molecule has 0 fully saturated rings. The molecular formula is C34H27Cl2NZr. The van der Waals surface area contributed by atoms with Crippen LogP contribution in [0.15, 0.2) is 121 Å². The van der Waals surface area contributed by atoms with E-state index in [1.54, 1.807) is 0 Å². The molecule has 0 bridgehead atoms. The molecule has 1 aliphatic rings. The fourth-order valence-electron chi connectivity index (χ4n) is 5.02. The summed E-state index contributed by atoms with van der Waals surface area (Å²) in [6, 6.07) is 35.3. The first-order valence-electron chi connectivity index (χ1n) is 12.2. The summed E-state index contributed by atoms with van der Waals surface area (Å²) in [5, 5.41) is 6.44. The van der Waals surface area contributed by atoms with E-state index in [1.807, 2.05) is 0 Å². The van der Waals surface area contributed by atoms with E-state index in [-0.39, 0.29) is 51.0 Å². The van der Waals surface area contributed by atoms with Crippen LogP contribution >= 0.6 is 0 Å². The van der Waals surface area contributed by atoms with Gasteiger partial charge in [0.2, 0.25) is 0 Å². The third-order valence-electron chi connectivity index (χ3n) is 6.75. The zero-order chi connectivity index (χ0) is 23.8. The molecule has 0 atom stereocenters. The van der Waals surface area contributed by atoms with Gasteiger partial charge >= 0.3 is 26.2 Å². The van der Waals surface area contributed by atoms with Crippen LogP contribution in [0.5, 0.6) is 0 Å². The minimum atomic E-state index is 0. The van der Waals surface area contributed by atoms with Crippen molar-refractivity contribution >= 4 is 32.4 Å². The van der Waals surface area contributed by atoms with E-state index in [0.717, 1.165) is 6.42 Å². The topological polar surface area (TPSA) is 4.93 Å². The molecule has 38 heavy (non-hydrogen) atoms. The number of benzene rings is 4. The van der Waals surface area contributed by atoms with E-state index in [0.29, 0.717) is 0 Å². The van der Waals surface area contributed by atoms with Gasteiger partial charge in [0.25, 0.3) is 0 Å². The van der Waals surface area contributed by atoms with Crippen LogP contribution in [0.25, 0.3) is 49.3 Å². The van der Waals surface area contributed by atoms with Crippen LogP contribution in [0.2, 0.25) is 0 Å². The van der Waals surface area contributed by atoms with Gasteiger partial charge in [-0.05, 0) is 35.2 Å². The number of aryl methyl sites for hydroxylation is 1. The summed E-state index contributed by atoms with van der Waals surface area (Å²) < 4.78 is 2.27. The molecule has 4 heteroatoms. The smallest absolute Gasteiger partial charge is 1.00 e. The Hall–Kier alpha value is -2.77. The summed E-state index contributed by atoms with van der Waals surface area (Å²) >= 11 is 0. The Morgan fingerprint density at radius 3 is 2.26 bits per heavy atom. The predicted molar refractivity (Wildman–Crippen MR) is 150 cm³/mol. The average Bonchev–Trinajstić information content (AvgIpc) is 3.62. The molecule has 0 spiro atoms. The Bertz CT molecular complexity index is 1750. The first kappa shape index (κ1) is 29.8. The summed E-state index contributed by atoms with van der Waals surface area (Å²) in [6.45, 7) is 4.23. The van der Waals surface area contributed by atoms with Gasteiger partial charge in [-0.25, -0.2) is 11.6 Å². The first-order chi connectivity index (χ1) is 17.2. The van der Waals surface area contributed by atoms with Crippen molar-refractivity contribution in [3.05, 3.63) is 133 Å². The van der Waals surface area contributed by atoms with E-state index < -0.39 is 0 Å². The molecule has 0 amide bonds. The van der Waals surface area contributed by atoms with Crippen LogP contribution in [-0.2, 0) is 26.2 Å². The zero-order valence-electron chi connectivity index (χ0n) is 21.4.